The summed E-state index contributed by atoms with van der Waals surface area (Å²) in [5, 5.41) is 14.7. The number of hydrogen-bond acceptors (Lipinski definition) is 6. The molecule has 1 amide bonds. The Bertz CT molecular complexity index is 1510. The molecule has 0 saturated heterocycles. The van der Waals surface area contributed by atoms with Gasteiger partial charge in [0, 0.05) is 5.02 Å². The molecule has 1 heterocycles. The number of aromatic nitrogens is 2. The number of benzene rings is 3. The first-order valence-corrected chi connectivity index (χ1v) is 11.3. The van der Waals surface area contributed by atoms with Crippen molar-refractivity contribution in [2.24, 2.45) is 0 Å². The second-order valence-corrected chi connectivity index (χ2v) is 8.54. The number of nitro groups is 1. The predicted octanol–water partition coefficient (Wildman–Crippen LogP) is 5.13. The quantitative estimate of drug-likeness (QED) is 0.171. The first kappa shape index (κ1) is 23.4. The molecule has 0 aliphatic carbocycles. The number of nitrogens with zero attached hydrogens (tertiary/aromatic N) is 3. The van der Waals surface area contributed by atoms with Crippen LogP contribution in [0.3, 0.4) is 0 Å². The first-order valence-electron chi connectivity index (χ1n) is 9.90. The number of fused-ring (bicyclic) bond motifs is 1. The Morgan fingerprint density at radius 2 is 1.97 bits per heavy atom. The number of hydrogen-bond donors (Lipinski definition) is 1. The van der Waals surface area contributed by atoms with Crippen LogP contribution < -0.4 is 10.9 Å². The van der Waals surface area contributed by atoms with Crippen molar-refractivity contribution in [1.82, 2.24) is 9.55 Å². The zero-order valence-corrected chi connectivity index (χ0v) is 19.2. The van der Waals surface area contributed by atoms with Gasteiger partial charge in [0.1, 0.15) is 11.5 Å². The molecule has 0 unspecified atom stereocenters. The summed E-state index contributed by atoms with van der Waals surface area (Å²) < 4.78 is 14.8. The van der Waals surface area contributed by atoms with Crippen LogP contribution in [0, 0.1) is 22.9 Å². The van der Waals surface area contributed by atoms with Gasteiger partial charge in [0.2, 0.25) is 5.91 Å². The Kier molecular flexibility index (Phi) is 6.62. The van der Waals surface area contributed by atoms with Gasteiger partial charge in [0.05, 0.1) is 33.3 Å². The minimum absolute atomic E-state index is 0.133. The number of nitro benzene ring substituents is 1. The minimum Gasteiger partial charge on any atom is -0.320 e. The molecule has 0 aliphatic rings. The summed E-state index contributed by atoms with van der Waals surface area (Å²) in [6.07, 6.45) is 0. The fraction of sp³-hybridized carbons (Fsp3) is 0.0870. The maximum absolute atomic E-state index is 13.4. The van der Waals surface area contributed by atoms with Crippen molar-refractivity contribution < 1.29 is 14.1 Å². The minimum atomic E-state index is -0.791. The molecule has 1 N–H and O–H groups in total. The lowest BCUT2D eigenvalue weighted by Crippen LogP contribution is -2.23. The molecule has 0 fully saturated rings. The van der Waals surface area contributed by atoms with Crippen molar-refractivity contribution in [2.45, 2.75) is 12.1 Å². The average molecular weight is 499 g/mol. The fourth-order valence-corrected chi connectivity index (χ4v) is 4.31. The van der Waals surface area contributed by atoms with E-state index in [2.05, 4.69) is 10.3 Å². The topological polar surface area (TPSA) is 107 Å². The maximum atomic E-state index is 13.4. The van der Waals surface area contributed by atoms with Crippen molar-refractivity contribution in [3.63, 3.8) is 0 Å². The lowest BCUT2D eigenvalue weighted by atomic mass is 10.2. The molecule has 0 spiro atoms. The Hall–Kier alpha value is -3.76. The standard InChI is InChI=1S/C23H16ClFN4O4S/c1-13-16(24)6-4-8-19(13)28-22(31)15-5-2-3-7-17(15)27-23(28)34-12-21(30)26-18-10-9-14(25)11-20(18)29(32)33/h2-11H,12H2,1H3,(H,26,30). The van der Waals surface area contributed by atoms with Crippen LogP contribution in [-0.2, 0) is 4.79 Å². The molecule has 172 valence electrons. The fourth-order valence-electron chi connectivity index (χ4n) is 3.34. The van der Waals surface area contributed by atoms with Gasteiger partial charge in [-0.1, -0.05) is 41.6 Å². The zero-order chi connectivity index (χ0) is 24.4. The van der Waals surface area contributed by atoms with E-state index < -0.39 is 22.3 Å². The van der Waals surface area contributed by atoms with Gasteiger partial charge in [0.25, 0.3) is 11.2 Å². The molecule has 3 aromatic carbocycles. The van der Waals surface area contributed by atoms with E-state index in [9.17, 15) is 24.1 Å². The number of thioether (sulfide) groups is 1. The molecule has 4 rings (SSSR count). The van der Waals surface area contributed by atoms with Crippen LogP contribution in [0.15, 0.2) is 70.6 Å². The van der Waals surface area contributed by atoms with Crippen LogP contribution in [0.25, 0.3) is 16.6 Å². The van der Waals surface area contributed by atoms with Crippen molar-refractivity contribution in [3.05, 3.63) is 97.5 Å². The lowest BCUT2D eigenvalue weighted by Gasteiger charge is -2.15. The lowest BCUT2D eigenvalue weighted by molar-refractivity contribution is -0.384. The number of carbonyl (C=O) groups excluding carboxylic acids is 1. The summed E-state index contributed by atoms with van der Waals surface area (Å²) in [5.41, 5.74) is 0.623. The molecule has 4 aromatic rings. The number of rotatable bonds is 6. The first-order chi connectivity index (χ1) is 16.3. The van der Waals surface area contributed by atoms with Gasteiger partial charge < -0.3 is 5.32 Å². The largest absolute Gasteiger partial charge is 0.320 e. The van der Waals surface area contributed by atoms with Crippen molar-refractivity contribution in [2.75, 3.05) is 11.1 Å². The highest BCUT2D eigenvalue weighted by Crippen LogP contribution is 2.28. The third kappa shape index (κ3) is 4.63. The van der Waals surface area contributed by atoms with Crippen molar-refractivity contribution in [1.29, 1.82) is 0 Å². The molecular weight excluding hydrogens is 483 g/mol. The van der Waals surface area contributed by atoms with E-state index in [1.54, 1.807) is 49.4 Å². The molecule has 0 atom stereocenters. The van der Waals surface area contributed by atoms with E-state index in [0.29, 0.717) is 27.2 Å². The summed E-state index contributed by atoms with van der Waals surface area (Å²) in [6.45, 7) is 1.77. The Balaban J connectivity index is 1.70. The van der Waals surface area contributed by atoms with Gasteiger partial charge in [0.15, 0.2) is 5.16 Å². The maximum Gasteiger partial charge on any atom is 0.295 e. The highest BCUT2D eigenvalue weighted by atomic mass is 35.5. The Labute approximate surface area is 201 Å². The molecule has 0 aliphatic heterocycles. The molecular formula is C23H16ClFN4O4S. The molecule has 0 radical (unpaired) electrons. The van der Waals surface area contributed by atoms with E-state index >= 15 is 0 Å². The van der Waals surface area contributed by atoms with Gasteiger partial charge in [-0.05, 0) is 48.9 Å². The number of anilines is 1. The highest BCUT2D eigenvalue weighted by Gasteiger charge is 2.19. The summed E-state index contributed by atoms with van der Waals surface area (Å²) in [5.74, 6) is -1.59. The second kappa shape index (κ2) is 9.62. The van der Waals surface area contributed by atoms with Gasteiger partial charge >= 0.3 is 0 Å². The number of amides is 1. The SMILES string of the molecule is Cc1c(Cl)cccc1-n1c(SCC(=O)Nc2ccc(F)cc2[N+](=O)[O-])nc2ccccc2c1=O. The number of carbonyl (C=O) groups is 1. The van der Waals surface area contributed by atoms with E-state index in [1.807, 2.05) is 0 Å². The highest BCUT2D eigenvalue weighted by molar-refractivity contribution is 7.99. The van der Waals surface area contributed by atoms with E-state index in [1.165, 1.54) is 4.57 Å². The van der Waals surface area contributed by atoms with Crippen LogP contribution >= 0.6 is 23.4 Å². The van der Waals surface area contributed by atoms with Gasteiger partial charge in [-0.25, -0.2) is 9.37 Å². The van der Waals surface area contributed by atoms with Crippen LogP contribution in [0.1, 0.15) is 5.56 Å². The smallest absolute Gasteiger partial charge is 0.295 e. The molecule has 0 bridgehead atoms. The normalized spacial score (nSPS) is 10.9. The van der Waals surface area contributed by atoms with E-state index in [4.69, 9.17) is 11.6 Å². The molecule has 1 aromatic heterocycles. The van der Waals surface area contributed by atoms with Crippen LogP contribution in [0.4, 0.5) is 15.8 Å². The number of halogens is 2. The Morgan fingerprint density at radius 3 is 2.74 bits per heavy atom. The molecule has 34 heavy (non-hydrogen) atoms. The van der Waals surface area contributed by atoms with Crippen LogP contribution in [0.5, 0.6) is 0 Å². The average Bonchev–Trinajstić information content (AvgIpc) is 2.81. The Morgan fingerprint density at radius 1 is 1.21 bits per heavy atom. The third-order valence-electron chi connectivity index (χ3n) is 4.99. The zero-order valence-electron chi connectivity index (χ0n) is 17.6. The summed E-state index contributed by atoms with van der Waals surface area (Å²) in [6, 6.07) is 14.8. The van der Waals surface area contributed by atoms with Crippen LogP contribution in [0.2, 0.25) is 5.02 Å². The van der Waals surface area contributed by atoms with E-state index in [0.717, 1.165) is 30.0 Å². The van der Waals surface area contributed by atoms with Gasteiger partial charge in [-0.3, -0.25) is 24.3 Å². The third-order valence-corrected chi connectivity index (χ3v) is 6.34. The number of para-hydroxylation sites is 1. The van der Waals surface area contributed by atoms with Gasteiger partial charge in [-0.2, -0.15) is 0 Å². The summed E-state index contributed by atoms with van der Waals surface area (Å²) in [4.78, 5) is 40.9. The van der Waals surface area contributed by atoms with E-state index in [-0.39, 0.29) is 22.2 Å². The number of nitrogens with one attached hydrogen (secondary N) is 1. The molecule has 0 saturated carbocycles. The molecule has 8 nitrogen and oxygen atoms in total. The molecule has 11 heteroatoms. The predicted molar refractivity (Wildman–Crippen MR) is 129 cm³/mol. The monoisotopic (exact) mass is 498 g/mol. The van der Waals surface area contributed by atoms with Crippen molar-refractivity contribution in [3.8, 4) is 5.69 Å². The van der Waals surface area contributed by atoms with Gasteiger partial charge in [-0.15, -0.1) is 0 Å². The van der Waals surface area contributed by atoms with Crippen LogP contribution in [-0.4, -0.2) is 26.1 Å². The second-order valence-electron chi connectivity index (χ2n) is 7.19. The summed E-state index contributed by atoms with van der Waals surface area (Å²) >= 11 is 7.25. The summed E-state index contributed by atoms with van der Waals surface area (Å²) in [7, 11) is 0. The van der Waals surface area contributed by atoms with Crippen molar-refractivity contribution >= 4 is 51.5 Å².